The number of benzene rings is 1. The highest BCUT2D eigenvalue weighted by molar-refractivity contribution is 5.88. The van der Waals surface area contributed by atoms with Gasteiger partial charge in [-0.15, -0.1) is 0 Å². The van der Waals surface area contributed by atoms with Gasteiger partial charge >= 0.3 is 0 Å². The van der Waals surface area contributed by atoms with Crippen molar-refractivity contribution in [2.75, 3.05) is 5.73 Å². The molecule has 5 N–H and O–H groups in total. The molecule has 0 aromatic heterocycles. The smallest absolute Gasteiger partial charge is 0.101 e. The zero-order valence-corrected chi connectivity index (χ0v) is 7.96. The highest BCUT2D eigenvalue weighted by Crippen LogP contribution is 2.23. The fourth-order valence-corrected chi connectivity index (χ4v) is 1.06. The Morgan fingerprint density at radius 2 is 1.69 bits per heavy atom. The molecule has 0 aliphatic rings. The third-order valence-corrected chi connectivity index (χ3v) is 2.31. The standard InChI is InChI=1S/C10H15N3/c1-10(2,9(12)13)7-3-5-8(11)6-4-7/h3-6H,11H2,1-2H3,(H3,12,13). The molecule has 1 aromatic carbocycles. The van der Waals surface area contributed by atoms with Gasteiger partial charge < -0.3 is 11.5 Å². The lowest BCUT2D eigenvalue weighted by Gasteiger charge is -2.23. The van der Waals surface area contributed by atoms with Crippen molar-refractivity contribution in [2.24, 2.45) is 5.73 Å². The Kier molecular flexibility index (Phi) is 2.28. The Morgan fingerprint density at radius 1 is 1.23 bits per heavy atom. The van der Waals surface area contributed by atoms with Gasteiger partial charge in [0.05, 0.1) is 0 Å². The zero-order chi connectivity index (χ0) is 10.1. The summed E-state index contributed by atoms with van der Waals surface area (Å²) in [5.74, 6) is 0.164. The molecule has 0 spiro atoms. The first-order chi connectivity index (χ1) is 5.94. The Morgan fingerprint density at radius 3 is 2.08 bits per heavy atom. The predicted octanol–water partition coefficient (Wildman–Crippen LogP) is 1.48. The number of nitrogens with two attached hydrogens (primary N) is 2. The van der Waals surface area contributed by atoms with E-state index in [1.54, 1.807) is 0 Å². The number of nitrogen functional groups attached to an aromatic ring is 1. The first-order valence-electron chi connectivity index (χ1n) is 4.15. The van der Waals surface area contributed by atoms with Crippen molar-refractivity contribution in [2.45, 2.75) is 19.3 Å². The van der Waals surface area contributed by atoms with Crippen LogP contribution >= 0.6 is 0 Å². The third kappa shape index (κ3) is 1.80. The molecule has 0 saturated heterocycles. The zero-order valence-electron chi connectivity index (χ0n) is 7.96. The van der Waals surface area contributed by atoms with Gasteiger partial charge in [0.2, 0.25) is 0 Å². The molecular weight excluding hydrogens is 162 g/mol. The number of nitrogens with one attached hydrogen (secondary N) is 1. The fraction of sp³-hybridized carbons (Fsp3) is 0.300. The second kappa shape index (κ2) is 3.09. The Labute approximate surface area is 78.3 Å². The summed E-state index contributed by atoms with van der Waals surface area (Å²) in [4.78, 5) is 0. The summed E-state index contributed by atoms with van der Waals surface area (Å²) < 4.78 is 0. The number of hydrogen-bond acceptors (Lipinski definition) is 2. The van der Waals surface area contributed by atoms with Crippen LogP contribution in [0.3, 0.4) is 0 Å². The van der Waals surface area contributed by atoms with E-state index in [2.05, 4.69) is 0 Å². The summed E-state index contributed by atoms with van der Waals surface area (Å²) in [6.45, 7) is 3.84. The van der Waals surface area contributed by atoms with E-state index < -0.39 is 5.41 Å². The van der Waals surface area contributed by atoms with Crippen molar-refractivity contribution in [3.8, 4) is 0 Å². The Bertz CT molecular complexity index is 311. The Hall–Kier alpha value is -1.51. The van der Waals surface area contributed by atoms with Gasteiger partial charge in [0.25, 0.3) is 0 Å². The van der Waals surface area contributed by atoms with Crippen LogP contribution in [-0.2, 0) is 5.41 Å². The summed E-state index contributed by atoms with van der Waals surface area (Å²) in [5, 5.41) is 7.43. The van der Waals surface area contributed by atoms with Gasteiger partial charge in [0.1, 0.15) is 5.84 Å². The minimum atomic E-state index is -0.409. The van der Waals surface area contributed by atoms with Gasteiger partial charge in [-0.25, -0.2) is 0 Å². The molecule has 0 fully saturated rings. The summed E-state index contributed by atoms with van der Waals surface area (Å²) in [7, 11) is 0. The van der Waals surface area contributed by atoms with Gasteiger partial charge in [-0.1, -0.05) is 12.1 Å². The fourth-order valence-electron chi connectivity index (χ4n) is 1.06. The summed E-state index contributed by atoms with van der Waals surface area (Å²) in [6, 6.07) is 7.44. The van der Waals surface area contributed by atoms with Crippen LogP contribution in [0.5, 0.6) is 0 Å². The molecule has 0 unspecified atom stereocenters. The highest BCUT2D eigenvalue weighted by atomic mass is 14.7. The van der Waals surface area contributed by atoms with Gasteiger partial charge in [0, 0.05) is 11.1 Å². The SMILES string of the molecule is CC(C)(C(=N)N)c1ccc(N)cc1. The van der Waals surface area contributed by atoms with Crippen LogP contribution < -0.4 is 11.5 Å². The van der Waals surface area contributed by atoms with Crippen LogP contribution in [0.15, 0.2) is 24.3 Å². The topological polar surface area (TPSA) is 75.9 Å². The molecule has 0 atom stereocenters. The van der Waals surface area contributed by atoms with Gasteiger partial charge in [0.15, 0.2) is 0 Å². The quantitative estimate of drug-likeness (QED) is 0.363. The molecular formula is C10H15N3. The summed E-state index contributed by atoms with van der Waals surface area (Å²) in [6.07, 6.45) is 0. The maximum Gasteiger partial charge on any atom is 0.101 e. The van der Waals surface area contributed by atoms with Crippen molar-refractivity contribution in [1.29, 1.82) is 5.41 Å². The van der Waals surface area contributed by atoms with Crippen LogP contribution in [0.4, 0.5) is 5.69 Å². The normalized spacial score (nSPS) is 11.2. The molecule has 0 radical (unpaired) electrons. The second-order valence-corrected chi connectivity index (χ2v) is 3.66. The maximum atomic E-state index is 7.43. The molecule has 3 nitrogen and oxygen atoms in total. The molecule has 1 aromatic rings. The largest absolute Gasteiger partial charge is 0.399 e. The van der Waals surface area contributed by atoms with Gasteiger partial charge in [-0.05, 0) is 31.5 Å². The van der Waals surface area contributed by atoms with E-state index in [1.807, 2.05) is 38.1 Å². The lowest BCUT2D eigenvalue weighted by atomic mass is 9.83. The average molecular weight is 177 g/mol. The predicted molar refractivity (Wildman–Crippen MR) is 55.8 cm³/mol. The van der Waals surface area contributed by atoms with Crippen LogP contribution in [0.1, 0.15) is 19.4 Å². The molecule has 0 amide bonds. The minimum Gasteiger partial charge on any atom is -0.399 e. The van der Waals surface area contributed by atoms with E-state index in [0.29, 0.717) is 0 Å². The van der Waals surface area contributed by atoms with E-state index >= 15 is 0 Å². The van der Waals surface area contributed by atoms with Crippen molar-refractivity contribution in [3.05, 3.63) is 29.8 Å². The van der Waals surface area contributed by atoms with E-state index in [1.165, 1.54) is 0 Å². The first kappa shape index (κ1) is 9.58. The minimum absolute atomic E-state index is 0.164. The van der Waals surface area contributed by atoms with Crippen LogP contribution in [0.25, 0.3) is 0 Å². The molecule has 1 rings (SSSR count). The molecule has 0 saturated carbocycles. The summed E-state index contributed by atoms with van der Waals surface area (Å²) >= 11 is 0. The lowest BCUT2D eigenvalue weighted by Crippen LogP contribution is -2.34. The first-order valence-corrected chi connectivity index (χ1v) is 4.15. The third-order valence-electron chi connectivity index (χ3n) is 2.31. The van der Waals surface area contributed by atoms with E-state index in [0.717, 1.165) is 11.3 Å². The number of rotatable bonds is 2. The second-order valence-electron chi connectivity index (χ2n) is 3.66. The molecule has 0 aliphatic heterocycles. The van der Waals surface area contributed by atoms with Crippen LogP contribution in [0, 0.1) is 5.41 Å². The van der Waals surface area contributed by atoms with Crippen molar-refractivity contribution in [1.82, 2.24) is 0 Å². The van der Waals surface area contributed by atoms with E-state index in [-0.39, 0.29) is 5.84 Å². The van der Waals surface area contributed by atoms with Gasteiger partial charge in [-0.3, -0.25) is 5.41 Å². The van der Waals surface area contributed by atoms with Crippen LogP contribution in [0.2, 0.25) is 0 Å². The highest BCUT2D eigenvalue weighted by Gasteiger charge is 2.23. The van der Waals surface area contributed by atoms with E-state index in [4.69, 9.17) is 16.9 Å². The van der Waals surface area contributed by atoms with Gasteiger partial charge in [-0.2, -0.15) is 0 Å². The molecule has 13 heavy (non-hydrogen) atoms. The molecule has 3 heteroatoms. The average Bonchev–Trinajstić information content (AvgIpc) is 2.04. The maximum absolute atomic E-state index is 7.43. The Balaban J connectivity index is 3.08. The lowest BCUT2D eigenvalue weighted by molar-refractivity contribution is 0.705. The molecule has 0 heterocycles. The molecule has 70 valence electrons. The van der Waals surface area contributed by atoms with E-state index in [9.17, 15) is 0 Å². The monoisotopic (exact) mass is 177 g/mol. The number of amidine groups is 1. The number of anilines is 1. The number of hydrogen-bond donors (Lipinski definition) is 3. The van der Waals surface area contributed by atoms with Crippen molar-refractivity contribution < 1.29 is 0 Å². The van der Waals surface area contributed by atoms with Crippen molar-refractivity contribution >= 4 is 11.5 Å². The van der Waals surface area contributed by atoms with Crippen LogP contribution in [-0.4, -0.2) is 5.84 Å². The summed E-state index contributed by atoms with van der Waals surface area (Å²) in [5.41, 5.74) is 12.4. The van der Waals surface area contributed by atoms with Crippen molar-refractivity contribution in [3.63, 3.8) is 0 Å². The molecule has 0 bridgehead atoms. The molecule has 0 aliphatic carbocycles.